The molecule has 0 fully saturated rings. The molecule has 1 aromatic carbocycles. The molecule has 4 rings (SSSR count). The molecule has 1 N–H and O–H groups in total. The molecule has 0 bridgehead atoms. The highest BCUT2D eigenvalue weighted by molar-refractivity contribution is 6.32. The van der Waals surface area contributed by atoms with E-state index in [2.05, 4.69) is 15.0 Å². The summed E-state index contributed by atoms with van der Waals surface area (Å²) in [6.45, 7) is 6.27. The second-order valence-electron chi connectivity index (χ2n) is 8.79. The summed E-state index contributed by atoms with van der Waals surface area (Å²) >= 11 is 6.43. The molecule has 3 heterocycles. The van der Waals surface area contributed by atoms with Crippen LogP contribution in [0.2, 0.25) is 5.02 Å². The topological polar surface area (TPSA) is 90.1 Å². The van der Waals surface area contributed by atoms with Crippen LogP contribution in [0.25, 0.3) is 17.1 Å². The van der Waals surface area contributed by atoms with Crippen molar-refractivity contribution in [3.05, 3.63) is 98.4 Å². The van der Waals surface area contributed by atoms with Crippen molar-refractivity contribution in [1.29, 1.82) is 0 Å². The van der Waals surface area contributed by atoms with Gasteiger partial charge in [-0.2, -0.15) is 0 Å². The molecule has 0 radical (unpaired) electrons. The maximum absolute atomic E-state index is 14.0. The molecule has 7 nitrogen and oxygen atoms in total. The molecule has 0 amide bonds. The Morgan fingerprint density at radius 2 is 1.83 bits per heavy atom. The van der Waals surface area contributed by atoms with Gasteiger partial charge in [0.15, 0.2) is 5.82 Å². The van der Waals surface area contributed by atoms with Crippen molar-refractivity contribution in [3.8, 4) is 22.8 Å². The second kappa shape index (κ2) is 9.75. The molecule has 10 heteroatoms. The van der Waals surface area contributed by atoms with E-state index < -0.39 is 17.2 Å². The van der Waals surface area contributed by atoms with Crippen molar-refractivity contribution in [2.24, 2.45) is 0 Å². The first-order valence-corrected chi connectivity index (χ1v) is 11.4. The molecule has 0 saturated heterocycles. The quantitative estimate of drug-likeness (QED) is 0.389. The highest BCUT2D eigenvalue weighted by Crippen LogP contribution is 2.28. The predicted octanol–water partition coefficient (Wildman–Crippen LogP) is 5.04. The summed E-state index contributed by atoms with van der Waals surface area (Å²) < 4.78 is 34.3. The molecule has 0 atom stereocenters. The number of aryl methyl sites for hydroxylation is 1. The van der Waals surface area contributed by atoms with Crippen molar-refractivity contribution in [1.82, 2.24) is 19.5 Å². The Balaban J connectivity index is 1.72. The molecule has 0 aliphatic heterocycles. The maximum atomic E-state index is 14.0. The number of halogens is 3. The number of benzene rings is 1. The summed E-state index contributed by atoms with van der Waals surface area (Å²) in [5.74, 6) is -0.918. The summed E-state index contributed by atoms with van der Waals surface area (Å²) in [6.07, 6.45) is 2.93. The molecular formula is C26H23ClF2N4O3. The van der Waals surface area contributed by atoms with Gasteiger partial charge in [0.1, 0.15) is 29.6 Å². The lowest BCUT2D eigenvalue weighted by molar-refractivity contribution is 0.0688. The van der Waals surface area contributed by atoms with E-state index >= 15 is 0 Å². The van der Waals surface area contributed by atoms with Gasteiger partial charge in [0.2, 0.25) is 0 Å². The van der Waals surface area contributed by atoms with E-state index in [1.54, 1.807) is 45.9 Å². The Morgan fingerprint density at radius 3 is 2.53 bits per heavy atom. The number of rotatable bonds is 6. The van der Waals surface area contributed by atoms with E-state index in [4.69, 9.17) is 16.3 Å². The monoisotopic (exact) mass is 512 g/mol. The predicted molar refractivity (Wildman–Crippen MR) is 131 cm³/mol. The van der Waals surface area contributed by atoms with Crippen molar-refractivity contribution in [3.63, 3.8) is 0 Å². The number of pyridine rings is 2. The zero-order valence-electron chi connectivity index (χ0n) is 20.0. The number of aromatic nitrogens is 4. The van der Waals surface area contributed by atoms with Crippen LogP contribution >= 0.6 is 11.6 Å². The molecule has 3 aromatic heterocycles. The Morgan fingerprint density at radius 1 is 1.08 bits per heavy atom. The molecule has 4 aromatic rings. The van der Waals surface area contributed by atoms with Gasteiger partial charge in [-0.05, 0) is 52.0 Å². The minimum atomic E-state index is -1.25. The van der Waals surface area contributed by atoms with Crippen LogP contribution in [0.4, 0.5) is 8.78 Å². The van der Waals surface area contributed by atoms with E-state index in [0.717, 1.165) is 12.1 Å². The number of hydrogen-bond donors (Lipinski definition) is 1. The average molecular weight is 513 g/mol. The standard InChI is InChI=1S/C26H23ClF2N4O3/c1-14-9-23(36-13-16-5-6-17(28)10-19(16)29)15(2)24(34)33(14)22-11-21(31-12-18(22)27)20-7-8-30-25(32-20)26(3,4)35/h5-12,35H,13H2,1-4H3. The lowest BCUT2D eigenvalue weighted by Gasteiger charge is -2.18. The normalized spacial score (nSPS) is 11.6. The van der Waals surface area contributed by atoms with Crippen molar-refractivity contribution < 1.29 is 18.6 Å². The van der Waals surface area contributed by atoms with E-state index in [1.165, 1.54) is 23.0 Å². The van der Waals surface area contributed by atoms with Gasteiger partial charge < -0.3 is 9.84 Å². The lowest BCUT2D eigenvalue weighted by Crippen LogP contribution is -2.24. The molecule has 186 valence electrons. The first-order valence-electron chi connectivity index (χ1n) is 11.0. The van der Waals surface area contributed by atoms with E-state index in [0.29, 0.717) is 22.8 Å². The van der Waals surface area contributed by atoms with Gasteiger partial charge >= 0.3 is 0 Å². The number of nitrogens with zero attached hydrogens (tertiary/aromatic N) is 4. The molecule has 36 heavy (non-hydrogen) atoms. The number of aliphatic hydroxyl groups is 1. The largest absolute Gasteiger partial charge is 0.488 e. The summed E-state index contributed by atoms with van der Waals surface area (Å²) in [7, 11) is 0. The average Bonchev–Trinajstić information content (AvgIpc) is 2.82. The van der Waals surface area contributed by atoms with Gasteiger partial charge in [-0.1, -0.05) is 11.6 Å². The molecule has 0 aliphatic rings. The number of hydrogen-bond acceptors (Lipinski definition) is 6. The zero-order chi connectivity index (χ0) is 26.2. The van der Waals surface area contributed by atoms with Crippen LogP contribution in [-0.2, 0) is 12.2 Å². The highest BCUT2D eigenvalue weighted by Gasteiger charge is 2.21. The zero-order valence-corrected chi connectivity index (χ0v) is 20.8. The number of ether oxygens (including phenoxy) is 1. The Kier molecular flexibility index (Phi) is 6.88. The van der Waals surface area contributed by atoms with E-state index in [-0.39, 0.29) is 39.9 Å². The summed E-state index contributed by atoms with van der Waals surface area (Å²) in [5.41, 5.74) is 0.581. The lowest BCUT2D eigenvalue weighted by atomic mass is 10.1. The third-order valence-corrected chi connectivity index (χ3v) is 5.82. The Labute approximate surface area is 211 Å². The first-order chi connectivity index (χ1) is 17.0. The van der Waals surface area contributed by atoms with Gasteiger partial charge in [-0.15, -0.1) is 0 Å². The summed E-state index contributed by atoms with van der Waals surface area (Å²) in [4.78, 5) is 26.2. The van der Waals surface area contributed by atoms with Crippen LogP contribution in [0.1, 0.15) is 36.5 Å². The molecule has 0 spiro atoms. The van der Waals surface area contributed by atoms with Crippen molar-refractivity contribution >= 4 is 11.6 Å². The molecular weight excluding hydrogens is 490 g/mol. The van der Waals surface area contributed by atoms with Gasteiger partial charge in [-0.25, -0.2) is 18.7 Å². The van der Waals surface area contributed by atoms with Crippen molar-refractivity contribution in [2.45, 2.75) is 39.9 Å². The summed E-state index contributed by atoms with van der Waals surface area (Å²) in [5, 5.41) is 10.5. The van der Waals surface area contributed by atoms with Crippen molar-refractivity contribution in [2.75, 3.05) is 0 Å². The summed E-state index contributed by atoms with van der Waals surface area (Å²) in [6, 6.07) is 8.13. The SMILES string of the molecule is Cc1c(OCc2ccc(F)cc2F)cc(C)n(-c2cc(-c3ccnc(C(C)(C)O)n3)ncc2Cl)c1=O. The molecule has 0 unspecified atom stereocenters. The van der Waals surface area contributed by atoms with Crippen LogP contribution < -0.4 is 10.3 Å². The smallest absolute Gasteiger partial charge is 0.261 e. The van der Waals surface area contributed by atoms with Crippen LogP contribution in [0.3, 0.4) is 0 Å². The fourth-order valence-electron chi connectivity index (χ4n) is 3.57. The highest BCUT2D eigenvalue weighted by atomic mass is 35.5. The maximum Gasteiger partial charge on any atom is 0.261 e. The van der Waals surface area contributed by atoms with Crippen LogP contribution in [0.5, 0.6) is 5.75 Å². The van der Waals surface area contributed by atoms with Gasteiger partial charge in [0.05, 0.1) is 27.7 Å². The van der Waals surface area contributed by atoms with E-state index in [1.807, 2.05) is 0 Å². The molecule has 0 aliphatic carbocycles. The minimum Gasteiger partial charge on any atom is -0.488 e. The molecule has 0 saturated carbocycles. The fourth-order valence-corrected chi connectivity index (χ4v) is 3.76. The van der Waals surface area contributed by atoms with Crippen LogP contribution in [-0.4, -0.2) is 24.6 Å². The first kappa shape index (κ1) is 25.4. The Bertz CT molecular complexity index is 1520. The second-order valence-corrected chi connectivity index (χ2v) is 9.19. The third-order valence-electron chi connectivity index (χ3n) is 5.53. The Hall–Kier alpha value is -3.69. The fraction of sp³-hybridized carbons (Fsp3) is 0.231. The van der Waals surface area contributed by atoms with Gasteiger partial charge in [-0.3, -0.25) is 14.3 Å². The third kappa shape index (κ3) is 5.12. The van der Waals surface area contributed by atoms with Crippen LogP contribution in [0.15, 0.2) is 53.6 Å². The minimum absolute atomic E-state index is 0.162. The van der Waals surface area contributed by atoms with E-state index in [9.17, 15) is 18.7 Å². The van der Waals surface area contributed by atoms with Crippen LogP contribution in [0, 0.1) is 25.5 Å². The van der Waals surface area contributed by atoms with Gasteiger partial charge in [0, 0.05) is 35.8 Å². The van der Waals surface area contributed by atoms with Gasteiger partial charge in [0.25, 0.3) is 5.56 Å².